The first-order valence-electron chi connectivity index (χ1n) is 9.78. The van der Waals surface area contributed by atoms with Crippen LogP contribution in [-0.2, 0) is 28.0 Å². The average molecular weight is 386 g/mol. The van der Waals surface area contributed by atoms with Gasteiger partial charge in [-0.2, -0.15) is 0 Å². The van der Waals surface area contributed by atoms with Gasteiger partial charge in [-0.1, -0.05) is 20.8 Å². The average Bonchev–Trinajstić information content (AvgIpc) is 2.66. The van der Waals surface area contributed by atoms with Crippen LogP contribution in [-0.4, -0.2) is 47.9 Å². The van der Waals surface area contributed by atoms with Gasteiger partial charge >= 0.3 is 0 Å². The Bertz CT molecular complexity index is 791. The molecule has 7 nitrogen and oxygen atoms in total. The Morgan fingerprint density at radius 2 is 2.11 bits per heavy atom. The van der Waals surface area contributed by atoms with Crippen molar-refractivity contribution in [3.05, 3.63) is 41.5 Å². The third-order valence-corrected chi connectivity index (χ3v) is 4.59. The molecule has 0 bridgehead atoms. The van der Waals surface area contributed by atoms with Crippen molar-refractivity contribution in [1.82, 2.24) is 15.0 Å². The quantitative estimate of drug-likeness (QED) is 0.819. The molecule has 3 heterocycles. The fourth-order valence-electron chi connectivity index (χ4n) is 3.11. The molecule has 1 saturated heterocycles. The Morgan fingerprint density at radius 3 is 2.82 bits per heavy atom. The fourth-order valence-corrected chi connectivity index (χ4v) is 3.11. The summed E-state index contributed by atoms with van der Waals surface area (Å²) in [4.78, 5) is 16.1. The molecule has 1 atom stereocenters. The number of anilines is 2. The lowest BCUT2D eigenvalue weighted by Crippen LogP contribution is -2.41. The second-order valence-electron chi connectivity index (χ2n) is 8.25. The highest BCUT2D eigenvalue weighted by Crippen LogP contribution is 2.22. The number of methoxy groups -OCH3 is 1. The Labute approximate surface area is 167 Å². The summed E-state index contributed by atoms with van der Waals surface area (Å²) in [6.45, 7) is 12.0. The molecule has 0 aromatic carbocycles. The summed E-state index contributed by atoms with van der Waals surface area (Å²) in [7, 11) is 1.68. The number of nitrogens with one attached hydrogen (secondary N) is 1. The number of pyridine rings is 1. The van der Waals surface area contributed by atoms with Crippen molar-refractivity contribution in [2.24, 2.45) is 0 Å². The second-order valence-corrected chi connectivity index (χ2v) is 8.25. The summed E-state index contributed by atoms with van der Waals surface area (Å²) >= 11 is 0. The topological polar surface area (TPSA) is 72.4 Å². The maximum atomic E-state index is 5.63. The van der Waals surface area contributed by atoms with Gasteiger partial charge in [-0.15, -0.1) is 0 Å². The smallest absolute Gasteiger partial charge is 0.136 e. The highest BCUT2D eigenvalue weighted by Gasteiger charge is 2.20. The molecule has 0 amide bonds. The van der Waals surface area contributed by atoms with E-state index in [-0.39, 0.29) is 11.5 Å². The van der Waals surface area contributed by atoms with Crippen LogP contribution in [0.2, 0.25) is 0 Å². The summed E-state index contributed by atoms with van der Waals surface area (Å²) in [5.41, 5.74) is 1.91. The van der Waals surface area contributed by atoms with E-state index in [1.165, 1.54) is 0 Å². The molecular formula is C21H31N5O2. The minimum atomic E-state index is -0.128. The number of ether oxygens (including phenoxy) is 2. The van der Waals surface area contributed by atoms with Crippen molar-refractivity contribution >= 4 is 11.6 Å². The molecule has 0 saturated carbocycles. The predicted octanol–water partition coefficient (Wildman–Crippen LogP) is 3.15. The predicted molar refractivity (Wildman–Crippen MR) is 111 cm³/mol. The van der Waals surface area contributed by atoms with Crippen LogP contribution in [0.25, 0.3) is 0 Å². The van der Waals surface area contributed by atoms with Gasteiger partial charge in [0.2, 0.25) is 0 Å². The summed E-state index contributed by atoms with van der Waals surface area (Å²) in [5.74, 6) is 2.61. The molecule has 3 rings (SSSR count). The fraction of sp³-hybridized carbons (Fsp3) is 0.571. The molecule has 0 spiro atoms. The first-order valence-corrected chi connectivity index (χ1v) is 9.78. The van der Waals surface area contributed by atoms with Gasteiger partial charge in [-0.05, 0) is 24.6 Å². The van der Waals surface area contributed by atoms with Crippen LogP contribution < -0.4 is 10.2 Å². The van der Waals surface area contributed by atoms with E-state index in [0.717, 1.165) is 48.4 Å². The first-order chi connectivity index (χ1) is 13.3. The Hall–Kier alpha value is -2.25. The van der Waals surface area contributed by atoms with Crippen molar-refractivity contribution in [1.29, 1.82) is 0 Å². The summed E-state index contributed by atoms with van der Waals surface area (Å²) < 4.78 is 10.9. The molecule has 0 radical (unpaired) electrons. The van der Waals surface area contributed by atoms with Crippen molar-refractivity contribution in [3.8, 4) is 0 Å². The molecular weight excluding hydrogens is 354 g/mol. The Morgan fingerprint density at radius 1 is 1.29 bits per heavy atom. The lowest BCUT2D eigenvalue weighted by atomic mass is 9.95. The molecule has 28 heavy (non-hydrogen) atoms. The van der Waals surface area contributed by atoms with Gasteiger partial charge in [0, 0.05) is 44.4 Å². The Balaban J connectivity index is 1.73. The zero-order chi connectivity index (χ0) is 20.1. The summed E-state index contributed by atoms with van der Waals surface area (Å²) in [5, 5.41) is 3.43. The highest BCUT2D eigenvalue weighted by atomic mass is 16.5. The van der Waals surface area contributed by atoms with Crippen molar-refractivity contribution < 1.29 is 9.47 Å². The van der Waals surface area contributed by atoms with E-state index in [1.807, 2.05) is 18.3 Å². The lowest BCUT2D eigenvalue weighted by molar-refractivity contribution is 0.0529. The maximum Gasteiger partial charge on any atom is 0.136 e. The first kappa shape index (κ1) is 20.5. The molecule has 1 fully saturated rings. The van der Waals surface area contributed by atoms with Gasteiger partial charge in [-0.25, -0.2) is 15.0 Å². The van der Waals surface area contributed by atoms with E-state index in [1.54, 1.807) is 7.11 Å². The number of nitrogens with zero attached hydrogens (tertiary/aromatic N) is 4. The van der Waals surface area contributed by atoms with E-state index in [4.69, 9.17) is 14.5 Å². The number of rotatable bonds is 6. The van der Waals surface area contributed by atoms with Gasteiger partial charge in [0.1, 0.15) is 17.5 Å². The van der Waals surface area contributed by atoms with Gasteiger partial charge in [0.15, 0.2) is 0 Å². The largest absolute Gasteiger partial charge is 0.378 e. The molecule has 7 heteroatoms. The van der Waals surface area contributed by atoms with Crippen LogP contribution in [0.1, 0.15) is 44.8 Å². The van der Waals surface area contributed by atoms with Crippen molar-refractivity contribution in [3.63, 3.8) is 0 Å². The summed E-state index contributed by atoms with van der Waals surface area (Å²) in [6.07, 6.45) is 2.09. The van der Waals surface area contributed by atoms with E-state index in [0.29, 0.717) is 13.2 Å². The normalized spacial score (nSPS) is 17.6. The maximum absolute atomic E-state index is 5.63. The monoisotopic (exact) mass is 385 g/mol. The minimum Gasteiger partial charge on any atom is -0.378 e. The van der Waals surface area contributed by atoms with Crippen LogP contribution in [0.4, 0.5) is 11.6 Å². The van der Waals surface area contributed by atoms with Gasteiger partial charge in [0.05, 0.1) is 25.0 Å². The van der Waals surface area contributed by atoms with Gasteiger partial charge in [-0.3, -0.25) is 0 Å². The number of morpholine rings is 1. The second kappa shape index (κ2) is 8.84. The van der Waals surface area contributed by atoms with Gasteiger partial charge < -0.3 is 19.7 Å². The van der Waals surface area contributed by atoms with Crippen molar-refractivity contribution in [2.75, 3.05) is 37.0 Å². The molecule has 0 aliphatic carbocycles. The third kappa shape index (κ3) is 5.39. The van der Waals surface area contributed by atoms with Crippen LogP contribution in [0.15, 0.2) is 24.4 Å². The van der Waals surface area contributed by atoms with Crippen LogP contribution in [0, 0.1) is 0 Å². The van der Waals surface area contributed by atoms with E-state index < -0.39 is 0 Å². The molecule has 152 valence electrons. The number of aromatic nitrogens is 3. The van der Waals surface area contributed by atoms with Crippen LogP contribution >= 0.6 is 0 Å². The number of hydrogen-bond donors (Lipinski definition) is 1. The van der Waals surface area contributed by atoms with Crippen LogP contribution in [0.5, 0.6) is 0 Å². The van der Waals surface area contributed by atoms with E-state index in [2.05, 4.69) is 53.9 Å². The summed E-state index contributed by atoms with van der Waals surface area (Å²) in [6, 6.07) is 6.11. The minimum absolute atomic E-state index is 0.128. The third-order valence-electron chi connectivity index (χ3n) is 4.59. The molecule has 2 aromatic heterocycles. The highest BCUT2D eigenvalue weighted by molar-refractivity contribution is 5.44. The van der Waals surface area contributed by atoms with E-state index in [9.17, 15) is 0 Å². The zero-order valence-corrected chi connectivity index (χ0v) is 17.5. The van der Waals surface area contributed by atoms with Crippen LogP contribution in [0.3, 0.4) is 0 Å². The van der Waals surface area contributed by atoms with Crippen molar-refractivity contribution in [2.45, 2.75) is 52.4 Å². The molecule has 1 N–H and O–H groups in total. The SMILES string of the molecule is COCc1cc(NCc2ccnc(N3CCOC(C)C3)c2)nc(C(C)(C)C)n1. The molecule has 2 aromatic rings. The van der Waals surface area contributed by atoms with E-state index >= 15 is 0 Å². The number of hydrogen-bond acceptors (Lipinski definition) is 7. The molecule has 1 unspecified atom stereocenters. The molecule has 1 aliphatic heterocycles. The van der Waals surface area contributed by atoms with Gasteiger partial charge in [0.25, 0.3) is 0 Å². The lowest BCUT2D eigenvalue weighted by Gasteiger charge is -2.32. The molecule has 1 aliphatic rings. The Kier molecular flexibility index (Phi) is 6.46. The zero-order valence-electron chi connectivity index (χ0n) is 17.5. The standard InChI is InChI=1S/C21H31N5O2/c1-15-13-26(8-9-28-15)19-10-16(6-7-22-19)12-23-18-11-17(14-27-5)24-20(25-18)21(2,3)4/h6-7,10-11,15H,8-9,12-14H2,1-5H3,(H,23,24,25).